The van der Waals surface area contributed by atoms with E-state index in [1.807, 2.05) is 18.5 Å². The first-order chi connectivity index (χ1) is 11.8. The number of aromatic nitrogens is 3. The molecule has 2 aromatic rings. The Morgan fingerprint density at radius 3 is 3.04 bits per heavy atom. The van der Waals surface area contributed by atoms with E-state index in [2.05, 4.69) is 34.1 Å². The Kier molecular flexibility index (Phi) is 4.54. The maximum Gasteiger partial charge on any atom is 0.132 e. The lowest BCUT2D eigenvalue weighted by atomic mass is 9.97. The highest BCUT2D eigenvalue weighted by Crippen LogP contribution is 2.26. The van der Waals surface area contributed by atoms with Gasteiger partial charge in [0.25, 0.3) is 0 Å². The first kappa shape index (κ1) is 15.7. The fraction of sp³-hybridized carbons (Fsp3) is 0.526. The number of likely N-dealkylation sites (tertiary alicyclic amines) is 1. The lowest BCUT2D eigenvalue weighted by Gasteiger charge is -2.31. The number of fused-ring (bicyclic) bond motifs is 1. The number of rotatable bonds is 3. The Bertz CT molecular complexity index is 687. The van der Waals surface area contributed by atoms with Gasteiger partial charge < -0.3 is 4.90 Å². The molecule has 0 N–H and O–H groups in total. The smallest absolute Gasteiger partial charge is 0.132 e. The monoisotopic (exact) mass is 323 g/mol. The third-order valence-corrected chi connectivity index (χ3v) is 5.15. The van der Waals surface area contributed by atoms with Gasteiger partial charge in [0, 0.05) is 68.4 Å². The Morgan fingerprint density at radius 2 is 2.21 bits per heavy atom. The minimum atomic E-state index is 0.502. The average Bonchev–Trinajstić information content (AvgIpc) is 2.62. The fourth-order valence-corrected chi connectivity index (χ4v) is 3.85. The van der Waals surface area contributed by atoms with Gasteiger partial charge in [-0.05, 0) is 38.1 Å². The second-order valence-corrected chi connectivity index (χ2v) is 7.12. The van der Waals surface area contributed by atoms with Crippen LogP contribution < -0.4 is 0 Å². The van der Waals surface area contributed by atoms with Crippen molar-refractivity contribution in [1.29, 1.82) is 0 Å². The van der Waals surface area contributed by atoms with E-state index < -0.39 is 0 Å². The summed E-state index contributed by atoms with van der Waals surface area (Å²) < 4.78 is 0. The van der Waals surface area contributed by atoms with Crippen LogP contribution in [0.2, 0.25) is 0 Å². The van der Waals surface area contributed by atoms with Crippen molar-refractivity contribution in [1.82, 2.24) is 24.8 Å². The molecule has 4 heterocycles. The van der Waals surface area contributed by atoms with Gasteiger partial charge >= 0.3 is 0 Å². The summed E-state index contributed by atoms with van der Waals surface area (Å²) in [7, 11) is 2.20. The maximum absolute atomic E-state index is 4.94. The summed E-state index contributed by atoms with van der Waals surface area (Å²) in [6.45, 7) is 5.23. The minimum absolute atomic E-state index is 0.502. The van der Waals surface area contributed by atoms with E-state index in [1.165, 1.54) is 36.2 Å². The van der Waals surface area contributed by atoms with Crippen LogP contribution in [0.4, 0.5) is 0 Å². The molecule has 0 bridgehead atoms. The first-order valence-electron chi connectivity index (χ1n) is 8.92. The van der Waals surface area contributed by atoms with Crippen LogP contribution in [0.15, 0.2) is 30.7 Å². The minimum Gasteiger partial charge on any atom is -0.306 e. The van der Waals surface area contributed by atoms with Gasteiger partial charge in [-0.3, -0.25) is 9.88 Å². The molecular formula is C19H25N5. The van der Waals surface area contributed by atoms with Gasteiger partial charge in [-0.15, -0.1) is 0 Å². The molecule has 4 rings (SSSR count). The van der Waals surface area contributed by atoms with Crippen molar-refractivity contribution in [2.45, 2.75) is 38.3 Å². The zero-order valence-electron chi connectivity index (χ0n) is 14.4. The molecule has 0 radical (unpaired) electrons. The summed E-state index contributed by atoms with van der Waals surface area (Å²) in [6.07, 6.45) is 9.34. The van der Waals surface area contributed by atoms with Crippen LogP contribution in [-0.2, 0) is 19.5 Å². The van der Waals surface area contributed by atoms with E-state index in [0.717, 1.165) is 38.4 Å². The number of hydrogen-bond donors (Lipinski definition) is 0. The summed E-state index contributed by atoms with van der Waals surface area (Å²) in [5.74, 6) is 1.56. The molecule has 1 fully saturated rings. The number of likely N-dealkylation sites (N-methyl/N-ethyl adjacent to an activating group) is 1. The van der Waals surface area contributed by atoms with E-state index in [-0.39, 0.29) is 0 Å². The molecule has 2 aliphatic heterocycles. The summed E-state index contributed by atoms with van der Waals surface area (Å²) >= 11 is 0. The lowest BCUT2D eigenvalue weighted by molar-refractivity contribution is 0.236. The predicted molar refractivity (Wildman–Crippen MR) is 93.6 cm³/mol. The number of piperidine rings is 1. The van der Waals surface area contributed by atoms with Crippen molar-refractivity contribution in [3.8, 4) is 0 Å². The molecule has 5 heteroatoms. The van der Waals surface area contributed by atoms with Crippen LogP contribution in [0.3, 0.4) is 0 Å². The Labute approximate surface area is 143 Å². The molecular weight excluding hydrogens is 298 g/mol. The molecule has 0 aromatic carbocycles. The normalized spacial score (nSPS) is 22.3. The summed E-state index contributed by atoms with van der Waals surface area (Å²) in [5.41, 5.74) is 3.82. The molecule has 5 nitrogen and oxygen atoms in total. The fourth-order valence-electron chi connectivity index (χ4n) is 3.85. The molecule has 1 saturated heterocycles. The molecule has 24 heavy (non-hydrogen) atoms. The van der Waals surface area contributed by atoms with Crippen molar-refractivity contribution in [3.63, 3.8) is 0 Å². The van der Waals surface area contributed by atoms with E-state index in [1.54, 1.807) is 0 Å². The van der Waals surface area contributed by atoms with Crippen molar-refractivity contribution >= 4 is 0 Å². The van der Waals surface area contributed by atoms with E-state index in [0.29, 0.717) is 5.92 Å². The van der Waals surface area contributed by atoms with Gasteiger partial charge in [0.05, 0.1) is 0 Å². The van der Waals surface area contributed by atoms with E-state index in [4.69, 9.17) is 9.97 Å². The highest BCUT2D eigenvalue weighted by atomic mass is 15.1. The number of hydrogen-bond acceptors (Lipinski definition) is 5. The second kappa shape index (κ2) is 6.95. The Hall–Kier alpha value is -1.85. The molecule has 0 amide bonds. The van der Waals surface area contributed by atoms with E-state index >= 15 is 0 Å². The van der Waals surface area contributed by atoms with Crippen molar-refractivity contribution in [3.05, 3.63) is 53.4 Å². The van der Waals surface area contributed by atoms with Gasteiger partial charge in [-0.2, -0.15) is 0 Å². The van der Waals surface area contributed by atoms with Gasteiger partial charge in [0.15, 0.2) is 0 Å². The highest BCUT2D eigenvalue weighted by molar-refractivity contribution is 5.22. The second-order valence-electron chi connectivity index (χ2n) is 7.12. The van der Waals surface area contributed by atoms with Crippen LogP contribution in [0.25, 0.3) is 0 Å². The van der Waals surface area contributed by atoms with Crippen LogP contribution in [0.1, 0.15) is 41.4 Å². The summed E-state index contributed by atoms with van der Waals surface area (Å²) in [4.78, 5) is 18.7. The molecule has 1 atom stereocenters. The van der Waals surface area contributed by atoms with E-state index in [9.17, 15) is 0 Å². The molecule has 0 unspecified atom stereocenters. The SMILES string of the molecule is CN1CCC[C@@H](c2ncc3c(n2)CCN(Cc2cccnc2)C3)C1. The standard InChI is InChI=1S/C19H25N5/c1-23-8-3-5-16(13-23)19-21-11-17-14-24(9-6-18(17)22-19)12-15-4-2-7-20-10-15/h2,4,7,10-11,16H,3,5-6,8-9,12-14H2,1H3/t16-/m1/s1. The highest BCUT2D eigenvalue weighted by Gasteiger charge is 2.24. The molecule has 2 aliphatic rings. The third kappa shape index (κ3) is 3.47. The lowest BCUT2D eigenvalue weighted by Crippen LogP contribution is -2.33. The molecule has 0 spiro atoms. The van der Waals surface area contributed by atoms with Crippen LogP contribution >= 0.6 is 0 Å². The quantitative estimate of drug-likeness (QED) is 0.867. The van der Waals surface area contributed by atoms with Crippen LogP contribution in [0, 0.1) is 0 Å². The molecule has 0 aliphatic carbocycles. The number of pyridine rings is 1. The summed E-state index contributed by atoms with van der Waals surface area (Å²) in [5, 5.41) is 0. The molecule has 0 saturated carbocycles. The zero-order valence-corrected chi connectivity index (χ0v) is 14.4. The molecule has 2 aromatic heterocycles. The number of nitrogens with zero attached hydrogens (tertiary/aromatic N) is 5. The van der Waals surface area contributed by atoms with Gasteiger partial charge in [-0.1, -0.05) is 6.07 Å². The Morgan fingerprint density at radius 1 is 1.25 bits per heavy atom. The van der Waals surface area contributed by atoms with Crippen molar-refractivity contribution in [2.24, 2.45) is 0 Å². The van der Waals surface area contributed by atoms with Gasteiger partial charge in [0.2, 0.25) is 0 Å². The zero-order chi connectivity index (χ0) is 16.4. The summed E-state index contributed by atoms with van der Waals surface area (Å²) in [6, 6.07) is 4.14. The largest absolute Gasteiger partial charge is 0.306 e. The molecule has 126 valence electrons. The maximum atomic E-state index is 4.94. The van der Waals surface area contributed by atoms with Crippen LogP contribution in [0.5, 0.6) is 0 Å². The predicted octanol–water partition coefficient (Wildman–Crippen LogP) is 2.24. The van der Waals surface area contributed by atoms with Crippen LogP contribution in [-0.4, -0.2) is 51.4 Å². The van der Waals surface area contributed by atoms with Crippen molar-refractivity contribution in [2.75, 3.05) is 26.7 Å². The first-order valence-corrected chi connectivity index (χ1v) is 8.92. The average molecular weight is 323 g/mol. The topological polar surface area (TPSA) is 45.2 Å². The Balaban J connectivity index is 1.45. The van der Waals surface area contributed by atoms with Gasteiger partial charge in [0.1, 0.15) is 5.82 Å². The third-order valence-electron chi connectivity index (χ3n) is 5.15. The van der Waals surface area contributed by atoms with Gasteiger partial charge in [-0.25, -0.2) is 9.97 Å². The van der Waals surface area contributed by atoms with Crippen molar-refractivity contribution < 1.29 is 0 Å².